The van der Waals surface area contributed by atoms with Crippen LogP contribution in [0.25, 0.3) is 0 Å². The number of amides is 1. The zero-order valence-electron chi connectivity index (χ0n) is 13.7. The Hall–Kier alpha value is -2.57. The van der Waals surface area contributed by atoms with Gasteiger partial charge in [0.25, 0.3) is 5.91 Å². The Labute approximate surface area is 149 Å². The number of furan rings is 1. The van der Waals surface area contributed by atoms with Crippen molar-refractivity contribution in [2.24, 2.45) is 0 Å². The van der Waals surface area contributed by atoms with Gasteiger partial charge in [0, 0.05) is 9.75 Å². The van der Waals surface area contributed by atoms with Crippen LogP contribution >= 0.6 is 11.3 Å². The molecule has 1 amide bonds. The van der Waals surface area contributed by atoms with Crippen LogP contribution in [0.1, 0.15) is 28.5 Å². The van der Waals surface area contributed by atoms with Gasteiger partial charge in [-0.1, -0.05) is 18.2 Å². The first-order valence-corrected chi connectivity index (χ1v) is 8.74. The van der Waals surface area contributed by atoms with Crippen LogP contribution in [-0.2, 0) is 11.3 Å². The van der Waals surface area contributed by atoms with Crippen LogP contribution in [0.15, 0.2) is 65.3 Å². The highest BCUT2D eigenvalue weighted by Gasteiger charge is 2.17. The van der Waals surface area contributed by atoms with Crippen LogP contribution in [0, 0.1) is 0 Å². The number of carbonyl (C=O) groups is 1. The summed E-state index contributed by atoms with van der Waals surface area (Å²) in [6.45, 7) is 2.10. The maximum absolute atomic E-state index is 12.2. The molecular formula is C19H19NO4S. The van der Waals surface area contributed by atoms with E-state index in [9.17, 15) is 9.90 Å². The van der Waals surface area contributed by atoms with E-state index in [4.69, 9.17) is 9.15 Å². The first kappa shape index (κ1) is 17.3. The number of aliphatic hydroxyl groups is 1. The lowest BCUT2D eigenvalue weighted by atomic mass is 10.2. The number of hydrogen-bond donors (Lipinski definition) is 2. The molecule has 2 aromatic heterocycles. The van der Waals surface area contributed by atoms with E-state index in [0.717, 1.165) is 9.75 Å². The fourth-order valence-corrected chi connectivity index (χ4v) is 3.25. The second kappa shape index (κ2) is 8.00. The second-order valence-corrected chi connectivity index (χ2v) is 6.71. The summed E-state index contributed by atoms with van der Waals surface area (Å²) in [7, 11) is 0. The minimum atomic E-state index is -0.787. The monoisotopic (exact) mass is 357 g/mol. The van der Waals surface area contributed by atoms with Gasteiger partial charge < -0.3 is 19.6 Å². The van der Waals surface area contributed by atoms with E-state index >= 15 is 0 Å². The summed E-state index contributed by atoms with van der Waals surface area (Å²) in [4.78, 5) is 13.9. The van der Waals surface area contributed by atoms with Gasteiger partial charge in [0.05, 0.1) is 12.8 Å². The van der Waals surface area contributed by atoms with E-state index in [0.29, 0.717) is 18.1 Å². The normalized spacial score (nSPS) is 13.2. The average Bonchev–Trinajstić information content (AvgIpc) is 3.32. The molecule has 25 heavy (non-hydrogen) atoms. The molecule has 5 nitrogen and oxygen atoms in total. The van der Waals surface area contributed by atoms with Crippen LogP contribution in [0.4, 0.5) is 0 Å². The van der Waals surface area contributed by atoms with E-state index in [2.05, 4.69) is 5.32 Å². The van der Waals surface area contributed by atoms with Crippen molar-refractivity contribution >= 4 is 17.2 Å². The highest BCUT2D eigenvalue weighted by Crippen LogP contribution is 2.28. The Morgan fingerprint density at radius 1 is 1.20 bits per heavy atom. The molecule has 0 aliphatic carbocycles. The fourth-order valence-electron chi connectivity index (χ4n) is 2.30. The lowest BCUT2D eigenvalue weighted by Gasteiger charge is -2.14. The highest BCUT2D eigenvalue weighted by atomic mass is 32.1. The predicted octanol–water partition coefficient (Wildman–Crippen LogP) is 3.51. The zero-order valence-corrected chi connectivity index (χ0v) is 14.5. The van der Waals surface area contributed by atoms with E-state index in [1.807, 2.05) is 42.5 Å². The Morgan fingerprint density at radius 2 is 2.00 bits per heavy atom. The Balaban J connectivity index is 1.52. The molecule has 1 aromatic carbocycles. The van der Waals surface area contributed by atoms with Crippen LogP contribution in [0.2, 0.25) is 0 Å². The van der Waals surface area contributed by atoms with Crippen molar-refractivity contribution in [2.75, 3.05) is 0 Å². The topological polar surface area (TPSA) is 71.7 Å². The number of para-hydroxylation sites is 1. The molecule has 0 saturated heterocycles. The maximum atomic E-state index is 12.2. The zero-order chi connectivity index (χ0) is 17.6. The summed E-state index contributed by atoms with van der Waals surface area (Å²) >= 11 is 1.43. The molecule has 0 aliphatic heterocycles. The molecule has 2 heterocycles. The molecule has 0 saturated carbocycles. The van der Waals surface area contributed by atoms with Crippen molar-refractivity contribution in [3.05, 3.63) is 76.4 Å². The number of benzene rings is 1. The van der Waals surface area contributed by atoms with Gasteiger partial charge in [0.1, 0.15) is 17.6 Å². The lowest BCUT2D eigenvalue weighted by molar-refractivity contribution is -0.127. The van der Waals surface area contributed by atoms with Gasteiger partial charge in [0.15, 0.2) is 6.10 Å². The number of thiophene rings is 1. The van der Waals surface area contributed by atoms with Gasteiger partial charge in [-0.2, -0.15) is 0 Å². The summed E-state index contributed by atoms with van der Waals surface area (Å²) in [5, 5.41) is 13.1. The van der Waals surface area contributed by atoms with Crippen molar-refractivity contribution in [1.82, 2.24) is 5.32 Å². The molecule has 0 aliphatic rings. The summed E-state index contributed by atoms with van der Waals surface area (Å²) in [5.74, 6) is 0.970. The third-order valence-corrected chi connectivity index (χ3v) is 4.76. The quantitative estimate of drug-likeness (QED) is 0.679. The average molecular weight is 357 g/mol. The molecule has 0 radical (unpaired) electrons. The first-order valence-electron chi connectivity index (χ1n) is 7.93. The molecule has 0 fully saturated rings. The fraction of sp³-hybridized carbons (Fsp3) is 0.211. The van der Waals surface area contributed by atoms with Gasteiger partial charge in [0.2, 0.25) is 0 Å². The smallest absolute Gasteiger partial charge is 0.261 e. The van der Waals surface area contributed by atoms with Crippen LogP contribution < -0.4 is 10.1 Å². The van der Waals surface area contributed by atoms with Crippen LogP contribution in [-0.4, -0.2) is 17.1 Å². The van der Waals surface area contributed by atoms with Crippen molar-refractivity contribution in [2.45, 2.75) is 25.7 Å². The number of aliphatic hydroxyl groups excluding tert-OH is 1. The van der Waals surface area contributed by atoms with Crippen LogP contribution in [0.3, 0.4) is 0 Å². The molecule has 3 aromatic rings. The van der Waals surface area contributed by atoms with E-state index in [1.165, 1.54) is 17.6 Å². The molecule has 3 rings (SSSR count). The van der Waals surface area contributed by atoms with Gasteiger partial charge in [-0.3, -0.25) is 4.79 Å². The number of nitrogens with one attached hydrogen (secondary N) is 1. The largest absolute Gasteiger partial charge is 0.481 e. The van der Waals surface area contributed by atoms with Gasteiger partial charge in [-0.05, 0) is 43.3 Å². The first-order chi connectivity index (χ1) is 12.1. The van der Waals surface area contributed by atoms with Crippen molar-refractivity contribution in [3.63, 3.8) is 0 Å². The summed E-state index contributed by atoms with van der Waals surface area (Å²) < 4.78 is 10.8. The van der Waals surface area contributed by atoms with Crippen molar-refractivity contribution in [3.8, 4) is 5.75 Å². The predicted molar refractivity (Wildman–Crippen MR) is 95.5 cm³/mol. The SMILES string of the molecule is CC(Oc1ccccc1)C(=O)NCc1ccc(C(O)c2ccco2)s1. The van der Waals surface area contributed by atoms with Crippen molar-refractivity contribution < 1.29 is 19.1 Å². The molecular weight excluding hydrogens is 338 g/mol. The molecule has 2 N–H and O–H groups in total. The molecule has 2 unspecified atom stereocenters. The van der Waals surface area contributed by atoms with Gasteiger partial charge >= 0.3 is 0 Å². The van der Waals surface area contributed by atoms with Gasteiger partial charge in [-0.25, -0.2) is 0 Å². The number of ether oxygens (including phenoxy) is 1. The Morgan fingerprint density at radius 3 is 2.72 bits per heavy atom. The van der Waals surface area contributed by atoms with E-state index < -0.39 is 12.2 Å². The maximum Gasteiger partial charge on any atom is 0.261 e. The summed E-state index contributed by atoms with van der Waals surface area (Å²) in [5.41, 5.74) is 0. The second-order valence-electron chi connectivity index (χ2n) is 5.51. The number of carbonyl (C=O) groups excluding carboxylic acids is 1. The Kier molecular flexibility index (Phi) is 5.53. The third-order valence-electron chi connectivity index (χ3n) is 3.63. The molecule has 0 spiro atoms. The lowest BCUT2D eigenvalue weighted by Crippen LogP contribution is -2.35. The third kappa shape index (κ3) is 4.49. The summed E-state index contributed by atoms with van der Waals surface area (Å²) in [6.07, 6.45) is 0.154. The van der Waals surface area contributed by atoms with E-state index in [1.54, 1.807) is 19.1 Å². The molecule has 0 bridgehead atoms. The Bertz CT molecular complexity index is 798. The summed E-state index contributed by atoms with van der Waals surface area (Å²) in [6, 6.07) is 16.4. The van der Waals surface area contributed by atoms with Crippen LogP contribution in [0.5, 0.6) is 5.75 Å². The van der Waals surface area contributed by atoms with Crippen molar-refractivity contribution in [1.29, 1.82) is 0 Å². The molecule has 130 valence electrons. The molecule has 2 atom stereocenters. The molecule has 6 heteroatoms. The minimum absolute atomic E-state index is 0.189. The standard InChI is InChI=1S/C19H19NO4S/c1-13(24-14-6-3-2-4-7-14)19(22)20-12-15-9-10-17(25-15)18(21)16-8-5-11-23-16/h2-11,13,18,21H,12H2,1H3,(H,20,22). The minimum Gasteiger partial charge on any atom is -0.481 e. The number of rotatable bonds is 7. The van der Waals surface area contributed by atoms with E-state index in [-0.39, 0.29) is 5.91 Å². The van der Waals surface area contributed by atoms with Gasteiger partial charge in [-0.15, -0.1) is 11.3 Å². The number of hydrogen-bond acceptors (Lipinski definition) is 5. The highest BCUT2D eigenvalue weighted by molar-refractivity contribution is 7.12.